The van der Waals surface area contributed by atoms with Crippen LogP contribution in [0.3, 0.4) is 0 Å². The molecule has 1 aliphatic rings. The molecule has 3 aromatic carbocycles. The van der Waals surface area contributed by atoms with Crippen molar-refractivity contribution in [1.29, 1.82) is 0 Å². The highest BCUT2D eigenvalue weighted by Gasteiger charge is 2.35. The van der Waals surface area contributed by atoms with Crippen molar-refractivity contribution in [1.82, 2.24) is 0 Å². The second-order valence-electron chi connectivity index (χ2n) is 10.3. The predicted molar refractivity (Wildman–Crippen MR) is 174 cm³/mol. The van der Waals surface area contributed by atoms with Crippen LogP contribution in [0.15, 0.2) is 48.5 Å². The Labute approximate surface area is 249 Å². The van der Waals surface area contributed by atoms with Crippen molar-refractivity contribution in [3.8, 4) is 11.5 Å². The van der Waals surface area contributed by atoms with Crippen molar-refractivity contribution in [2.45, 2.75) is 102 Å². The number of phenols is 1. The van der Waals surface area contributed by atoms with Gasteiger partial charge in [-0.25, -0.2) is 0 Å². The van der Waals surface area contributed by atoms with E-state index in [1.165, 1.54) is 5.56 Å². The largest absolute Gasteiger partial charge is 0.508 e. The number of ether oxygens (including phenoxy) is 1. The monoisotopic (exact) mass is 584 g/mol. The number of aryl methyl sites for hydroxylation is 4. The molecule has 0 bridgehead atoms. The van der Waals surface area contributed by atoms with Crippen LogP contribution >= 0.6 is 7.60 Å². The molecule has 2 atom stereocenters. The second-order valence-corrected chi connectivity index (χ2v) is 12.2. The van der Waals surface area contributed by atoms with E-state index in [1.54, 1.807) is 6.07 Å². The molecule has 0 aromatic heterocycles. The minimum Gasteiger partial charge on any atom is -0.508 e. The Hall–Kier alpha value is -2.59. The van der Waals surface area contributed by atoms with Gasteiger partial charge in [-0.15, -0.1) is 0 Å². The zero-order valence-electron chi connectivity index (χ0n) is 26.1. The van der Waals surface area contributed by atoms with Gasteiger partial charge in [-0.2, -0.15) is 0 Å². The summed E-state index contributed by atoms with van der Waals surface area (Å²) in [6.45, 7) is 20.8. The molecule has 3 aromatic rings. The molecule has 0 amide bonds. The molecule has 0 radical (unpaired) electrons. The Balaban J connectivity index is 0.00000161. The van der Waals surface area contributed by atoms with Crippen molar-refractivity contribution >= 4 is 7.60 Å². The summed E-state index contributed by atoms with van der Waals surface area (Å²) in [5.41, 5.74) is 8.87. The highest BCUT2D eigenvalue weighted by molar-refractivity contribution is 7.53. The van der Waals surface area contributed by atoms with Gasteiger partial charge < -0.3 is 14.4 Å². The smallest absolute Gasteiger partial charge is 0.368 e. The van der Waals surface area contributed by atoms with E-state index in [9.17, 15) is 9.67 Å². The average Bonchev–Trinajstić information content (AvgIpc) is 2.92. The third-order valence-corrected chi connectivity index (χ3v) is 8.32. The van der Waals surface area contributed by atoms with E-state index in [-0.39, 0.29) is 25.8 Å². The van der Waals surface area contributed by atoms with Crippen LogP contribution in [0.2, 0.25) is 0 Å². The minimum atomic E-state index is -3.39. The molecule has 0 saturated carbocycles. The summed E-state index contributed by atoms with van der Waals surface area (Å²) in [4.78, 5) is 0. The summed E-state index contributed by atoms with van der Waals surface area (Å²) in [6.07, 6.45) is 1.04. The van der Waals surface area contributed by atoms with Gasteiger partial charge in [0.05, 0.1) is 12.7 Å². The first-order valence-corrected chi connectivity index (χ1v) is 16.3. The van der Waals surface area contributed by atoms with E-state index < -0.39 is 7.60 Å². The van der Waals surface area contributed by atoms with Gasteiger partial charge in [0.15, 0.2) is 6.35 Å². The van der Waals surface area contributed by atoms with E-state index in [1.807, 2.05) is 45.9 Å². The number of benzene rings is 3. The molecular formula is C35H53O5P. The fourth-order valence-electron chi connectivity index (χ4n) is 4.92. The predicted octanol–water partition coefficient (Wildman–Crippen LogP) is 10.7. The minimum absolute atomic E-state index is 0. The molecule has 6 heteroatoms. The number of aromatic hydroxyl groups is 1. The fraction of sp³-hybridized carbons (Fsp3) is 0.486. The first-order chi connectivity index (χ1) is 19.0. The lowest BCUT2D eigenvalue weighted by Gasteiger charge is -2.30. The van der Waals surface area contributed by atoms with Gasteiger partial charge in [-0.1, -0.05) is 90.4 Å². The molecular weight excluding hydrogens is 531 g/mol. The molecule has 1 fully saturated rings. The molecule has 41 heavy (non-hydrogen) atoms. The maximum atomic E-state index is 13.4. The van der Waals surface area contributed by atoms with Crippen LogP contribution in [0.5, 0.6) is 11.5 Å². The van der Waals surface area contributed by atoms with Gasteiger partial charge in [0.2, 0.25) is 0 Å². The zero-order valence-corrected chi connectivity index (χ0v) is 27.0. The Bertz CT molecular complexity index is 1250. The van der Waals surface area contributed by atoms with Crippen molar-refractivity contribution in [3.63, 3.8) is 0 Å². The highest BCUT2D eigenvalue weighted by atomic mass is 31.2. The van der Waals surface area contributed by atoms with E-state index in [0.717, 1.165) is 45.4 Å². The third kappa shape index (κ3) is 10.0. The first-order valence-electron chi connectivity index (χ1n) is 14.6. The van der Waals surface area contributed by atoms with Crippen molar-refractivity contribution < 1.29 is 23.5 Å². The van der Waals surface area contributed by atoms with E-state index in [4.69, 9.17) is 13.8 Å². The zero-order chi connectivity index (χ0) is 30.0. The molecule has 0 aliphatic carbocycles. The molecule has 228 valence electrons. The molecule has 1 aliphatic heterocycles. The Morgan fingerprint density at radius 1 is 0.927 bits per heavy atom. The van der Waals surface area contributed by atoms with Crippen molar-refractivity contribution in [2.75, 3.05) is 13.0 Å². The Morgan fingerprint density at radius 3 is 2.07 bits per heavy atom. The maximum Gasteiger partial charge on any atom is 0.368 e. The normalized spacial score (nSPS) is 17.9. The van der Waals surface area contributed by atoms with Crippen LogP contribution in [-0.4, -0.2) is 18.1 Å². The van der Waals surface area contributed by atoms with E-state index >= 15 is 0 Å². The lowest BCUT2D eigenvalue weighted by molar-refractivity contribution is 0.0725. The number of rotatable bonds is 7. The standard InChI is InChI=1S/C30H37O5P.2C2H6.CH4/c1-19(2)27-16-24(7-8-29(27)31)17-28-22(5)14-26(15-23(28)6)33-18-36(32)34-10-9-30(35-36)25-12-20(3)11-21(4)13-25;2*1-2;/h7-8,11-16,19,30-31H,9-10,17-18H2,1-6H3;2*1-2H3;1H4/t30-,36+;;;/m0.../s1. The van der Waals surface area contributed by atoms with E-state index in [2.05, 4.69) is 65.8 Å². The van der Waals surface area contributed by atoms with Gasteiger partial charge >= 0.3 is 7.60 Å². The lowest BCUT2D eigenvalue weighted by atomic mass is 9.93. The molecule has 4 rings (SSSR count). The van der Waals surface area contributed by atoms with Crippen molar-refractivity contribution in [2.24, 2.45) is 0 Å². The van der Waals surface area contributed by atoms with Crippen LogP contribution < -0.4 is 4.74 Å². The number of phenolic OH excluding ortho intramolecular Hbond substituents is 1. The quantitative estimate of drug-likeness (QED) is 0.280. The summed E-state index contributed by atoms with van der Waals surface area (Å²) >= 11 is 0. The summed E-state index contributed by atoms with van der Waals surface area (Å²) in [7, 11) is -3.39. The Kier molecular flexibility index (Phi) is 14.9. The molecule has 0 spiro atoms. The Morgan fingerprint density at radius 2 is 1.51 bits per heavy atom. The topological polar surface area (TPSA) is 65.0 Å². The van der Waals surface area contributed by atoms with Gasteiger partial charge in [0, 0.05) is 6.42 Å². The lowest BCUT2D eigenvalue weighted by Crippen LogP contribution is -2.17. The second kappa shape index (κ2) is 16.8. The molecule has 0 unspecified atom stereocenters. The maximum absolute atomic E-state index is 13.4. The van der Waals surface area contributed by atoms with Gasteiger partial charge in [-0.3, -0.25) is 9.09 Å². The molecule has 1 saturated heterocycles. The summed E-state index contributed by atoms with van der Waals surface area (Å²) < 4.78 is 30.9. The number of hydrogen-bond acceptors (Lipinski definition) is 5. The summed E-state index contributed by atoms with van der Waals surface area (Å²) in [5.74, 6) is 1.25. The van der Waals surface area contributed by atoms with Crippen LogP contribution in [0.4, 0.5) is 0 Å². The van der Waals surface area contributed by atoms with E-state index in [0.29, 0.717) is 24.5 Å². The molecule has 1 N–H and O–H groups in total. The van der Waals surface area contributed by atoms with Crippen LogP contribution in [0.25, 0.3) is 0 Å². The van der Waals surface area contributed by atoms with Gasteiger partial charge in [0.1, 0.15) is 11.5 Å². The molecule has 5 nitrogen and oxygen atoms in total. The SMILES string of the molecule is C.CC.CC.Cc1cc(C)cc([C@@H]2CCO[P@](=O)(COc3cc(C)c(Cc4ccc(O)c(C(C)C)c4)c(C)c3)O2)c1. The van der Waals surface area contributed by atoms with Gasteiger partial charge in [0.25, 0.3) is 0 Å². The fourth-order valence-corrected chi connectivity index (χ4v) is 6.42. The number of hydrogen-bond donors (Lipinski definition) is 1. The van der Waals surface area contributed by atoms with Gasteiger partial charge in [-0.05, 0) is 91.6 Å². The summed E-state index contributed by atoms with van der Waals surface area (Å²) in [6, 6.07) is 16.1. The average molecular weight is 585 g/mol. The highest BCUT2D eigenvalue weighted by Crippen LogP contribution is 2.56. The van der Waals surface area contributed by atoms with Crippen LogP contribution in [-0.2, 0) is 20.0 Å². The van der Waals surface area contributed by atoms with Crippen LogP contribution in [0.1, 0.15) is 112 Å². The third-order valence-electron chi connectivity index (χ3n) is 6.73. The van der Waals surface area contributed by atoms with Crippen LogP contribution in [0, 0.1) is 27.7 Å². The molecule has 1 heterocycles. The summed E-state index contributed by atoms with van der Waals surface area (Å²) in [5, 5.41) is 10.1. The van der Waals surface area contributed by atoms with Crippen molar-refractivity contribution in [3.05, 3.63) is 93.0 Å². The first kappa shape index (κ1) is 36.4.